The summed E-state index contributed by atoms with van der Waals surface area (Å²) in [6.45, 7) is 0.743. The molecule has 0 saturated carbocycles. The summed E-state index contributed by atoms with van der Waals surface area (Å²) in [6.07, 6.45) is -1.68. The van der Waals surface area contributed by atoms with Gasteiger partial charge in [0.15, 0.2) is 0 Å². The van der Waals surface area contributed by atoms with Crippen molar-refractivity contribution in [2.75, 3.05) is 19.0 Å². The van der Waals surface area contributed by atoms with Gasteiger partial charge >= 0.3 is 6.18 Å². The third kappa shape index (κ3) is 3.85. The van der Waals surface area contributed by atoms with Crippen molar-refractivity contribution in [3.8, 4) is 22.7 Å². The molecule has 0 atom stereocenters. The predicted molar refractivity (Wildman–Crippen MR) is 110 cm³/mol. The Labute approximate surface area is 174 Å². The predicted octanol–water partition coefficient (Wildman–Crippen LogP) is 6.08. The summed E-state index contributed by atoms with van der Waals surface area (Å²) < 4.78 is 47.7. The molecule has 0 fully saturated rings. The van der Waals surface area contributed by atoms with E-state index in [1.54, 1.807) is 17.9 Å². The van der Waals surface area contributed by atoms with Crippen LogP contribution in [0.3, 0.4) is 0 Å². The molecule has 2 heterocycles. The summed E-state index contributed by atoms with van der Waals surface area (Å²) >= 11 is 3.49. The smallest absolute Gasteiger partial charge is 0.416 e. The summed E-state index contributed by atoms with van der Waals surface area (Å²) in [5, 5.41) is 8.09. The quantitative estimate of drug-likeness (QED) is 0.509. The minimum atomic E-state index is -4.41. The van der Waals surface area contributed by atoms with Gasteiger partial charge in [0.05, 0.1) is 18.4 Å². The maximum atomic E-state index is 13.2. The Kier molecular flexibility index (Phi) is 5.29. The largest absolute Gasteiger partial charge is 0.496 e. The lowest BCUT2D eigenvalue weighted by Crippen LogP contribution is -2.09. The molecule has 1 N–H and O–H groups in total. The Morgan fingerprint density at radius 3 is 2.72 bits per heavy atom. The lowest BCUT2D eigenvalue weighted by atomic mass is 10.0. The van der Waals surface area contributed by atoms with E-state index in [2.05, 4.69) is 21.2 Å². The van der Waals surface area contributed by atoms with Crippen LogP contribution in [0.25, 0.3) is 16.9 Å². The Morgan fingerprint density at radius 1 is 1.14 bits per heavy atom. The van der Waals surface area contributed by atoms with Crippen LogP contribution in [0.2, 0.25) is 0 Å². The summed E-state index contributed by atoms with van der Waals surface area (Å²) in [7, 11) is 1.59. The zero-order chi connectivity index (χ0) is 20.6. The fourth-order valence-corrected chi connectivity index (χ4v) is 3.95. The number of hydrogen-bond donors (Lipinski definition) is 1. The molecule has 1 aliphatic heterocycles. The van der Waals surface area contributed by atoms with Crippen molar-refractivity contribution in [2.24, 2.45) is 0 Å². The number of nitrogens with one attached hydrogen (secondary N) is 1. The Balaban J connectivity index is 1.93. The van der Waals surface area contributed by atoms with Gasteiger partial charge < -0.3 is 10.1 Å². The van der Waals surface area contributed by atoms with Gasteiger partial charge in [0, 0.05) is 22.1 Å². The fraction of sp³-hybridized carbons (Fsp3) is 0.286. The SMILES string of the molecule is COc1ccc(Br)cc1-c1nn(-c2cccc(C(F)(F)F)c2)c2c1CCCCN2. The van der Waals surface area contributed by atoms with Crippen LogP contribution in [-0.4, -0.2) is 23.4 Å². The molecule has 1 aliphatic rings. The van der Waals surface area contributed by atoms with Crippen LogP contribution in [0.4, 0.5) is 19.0 Å². The second-order valence-corrected chi connectivity index (χ2v) is 7.78. The van der Waals surface area contributed by atoms with Gasteiger partial charge in [-0.3, -0.25) is 0 Å². The Bertz CT molecular complexity index is 1050. The summed E-state index contributed by atoms with van der Waals surface area (Å²) in [5.41, 5.74) is 2.16. The van der Waals surface area contributed by atoms with Gasteiger partial charge in [-0.25, -0.2) is 4.68 Å². The zero-order valence-electron chi connectivity index (χ0n) is 15.7. The summed E-state index contributed by atoms with van der Waals surface area (Å²) in [4.78, 5) is 0. The monoisotopic (exact) mass is 465 g/mol. The lowest BCUT2D eigenvalue weighted by Gasteiger charge is -2.12. The maximum Gasteiger partial charge on any atom is 0.416 e. The zero-order valence-corrected chi connectivity index (χ0v) is 17.3. The lowest BCUT2D eigenvalue weighted by molar-refractivity contribution is -0.137. The van der Waals surface area contributed by atoms with Gasteiger partial charge in [-0.2, -0.15) is 18.3 Å². The molecular weight excluding hydrogens is 447 g/mol. The highest BCUT2D eigenvalue weighted by atomic mass is 79.9. The van der Waals surface area contributed by atoms with Crippen molar-refractivity contribution in [3.63, 3.8) is 0 Å². The van der Waals surface area contributed by atoms with Crippen LogP contribution in [0.5, 0.6) is 5.75 Å². The highest BCUT2D eigenvalue weighted by molar-refractivity contribution is 9.10. The number of alkyl halides is 3. The molecule has 0 amide bonds. The van der Waals surface area contributed by atoms with E-state index in [0.29, 0.717) is 17.1 Å². The highest BCUT2D eigenvalue weighted by Gasteiger charge is 2.31. The molecule has 8 heteroatoms. The van der Waals surface area contributed by atoms with Crippen molar-refractivity contribution in [1.82, 2.24) is 9.78 Å². The van der Waals surface area contributed by atoms with Crippen LogP contribution in [0.1, 0.15) is 24.0 Å². The average Bonchev–Trinajstić information content (AvgIpc) is 2.88. The second kappa shape index (κ2) is 7.74. The Hall–Kier alpha value is -2.48. The van der Waals surface area contributed by atoms with E-state index in [1.807, 2.05) is 18.2 Å². The van der Waals surface area contributed by atoms with E-state index in [4.69, 9.17) is 9.84 Å². The van der Waals surface area contributed by atoms with Crippen LogP contribution in [0.15, 0.2) is 46.9 Å². The molecule has 0 unspecified atom stereocenters. The van der Waals surface area contributed by atoms with Crippen molar-refractivity contribution in [3.05, 3.63) is 58.1 Å². The van der Waals surface area contributed by atoms with E-state index in [-0.39, 0.29) is 0 Å². The number of rotatable bonds is 3. The molecule has 29 heavy (non-hydrogen) atoms. The molecule has 0 spiro atoms. The van der Waals surface area contributed by atoms with E-state index >= 15 is 0 Å². The van der Waals surface area contributed by atoms with Crippen molar-refractivity contribution >= 4 is 21.7 Å². The molecule has 3 aromatic rings. The van der Waals surface area contributed by atoms with Gasteiger partial charge in [0.25, 0.3) is 0 Å². The molecule has 0 aliphatic carbocycles. The van der Waals surface area contributed by atoms with Crippen LogP contribution < -0.4 is 10.1 Å². The first-order chi connectivity index (χ1) is 13.9. The molecule has 152 valence electrons. The molecule has 0 bridgehead atoms. The fourth-order valence-electron chi connectivity index (χ4n) is 3.58. The number of halogens is 4. The first-order valence-corrected chi connectivity index (χ1v) is 10.0. The van der Waals surface area contributed by atoms with Gasteiger partial charge in [-0.05, 0) is 55.7 Å². The normalized spacial score (nSPS) is 14.1. The van der Waals surface area contributed by atoms with Crippen LogP contribution in [-0.2, 0) is 12.6 Å². The Morgan fingerprint density at radius 2 is 1.97 bits per heavy atom. The van der Waals surface area contributed by atoms with Crippen LogP contribution in [0, 0.1) is 0 Å². The number of benzene rings is 2. The van der Waals surface area contributed by atoms with Gasteiger partial charge in [0.2, 0.25) is 0 Å². The van der Waals surface area contributed by atoms with E-state index in [0.717, 1.165) is 59.4 Å². The molecule has 0 saturated heterocycles. The number of anilines is 1. The first kappa shape index (κ1) is 19.8. The van der Waals surface area contributed by atoms with Crippen LogP contribution >= 0.6 is 15.9 Å². The number of ether oxygens (including phenoxy) is 1. The van der Waals surface area contributed by atoms with E-state index in [1.165, 1.54) is 6.07 Å². The summed E-state index contributed by atoms with van der Waals surface area (Å²) in [5.74, 6) is 1.40. The standard InChI is InChI=1S/C21H19BrF3N3O/c1-29-18-9-8-14(22)12-17(18)19-16-7-2-3-10-26-20(16)28(27-19)15-6-4-5-13(11-15)21(23,24)25/h4-6,8-9,11-12,26H,2-3,7,10H2,1H3. The second-order valence-electron chi connectivity index (χ2n) is 6.86. The summed E-state index contributed by atoms with van der Waals surface area (Å²) in [6, 6.07) is 10.9. The molecule has 1 aromatic heterocycles. The number of hydrogen-bond acceptors (Lipinski definition) is 3. The molecular formula is C21H19BrF3N3O. The highest BCUT2D eigenvalue weighted by Crippen LogP contribution is 2.40. The number of fused-ring (bicyclic) bond motifs is 1. The van der Waals surface area contributed by atoms with Gasteiger partial charge in [-0.1, -0.05) is 22.0 Å². The minimum absolute atomic E-state index is 0.366. The molecule has 4 nitrogen and oxygen atoms in total. The number of methoxy groups -OCH3 is 1. The molecule has 4 rings (SSSR count). The van der Waals surface area contributed by atoms with Gasteiger partial charge in [0.1, 0.15) is 17.3 Å². The van der Waals surface area contributed by atoms with E-state index in [9.17, 15) is 13.2 Å². The van der Waals surface area contributed by atoms with Crippen molar-refractivity contribution < 1.29 is 17.9 Å². The average molecular weight is 466 g/mol. The third-order valence-corrected chi connectivity index (χ3v) is 5.46. The maximum absolute atomic E-state index is 13.2. The van der Waals surface area contributed by atoms with Crippen molar-refractivity contribution in [1.29, 1.82) is 0 Å². The molecule has 2 aromatic carbocycles. The van der Waals surface area contributed by atoms with Gasteiger partial charge in [-0.15, -0.1) is 0 Å². The number of nitrogens with zero attached hydrogens (tertiary/aromatic N) is 2. The number of aromatic nitrogens is 2. The minimum Gasteiger partial charge on any atom is -0.496 e. The first-order valence-electron chi connectivity index (χ1n) is 9.26. The van der Waals surface area contributed by atoms with Crippen molar-refractivity contribution in [2.45, 2.75) is 25.4 Å². The molecule has 0 radical (unpaired) electrons. The van der Waals surface area contributed by atoms with E-state index < -0.39 is 11.7 Å². The topological polar surface area (TPSA) is 39.1 Å². The third-order valence-electron chi connectivity index (χ3n) is 4.96.